The Balaban J connectivity index is 1.65. The first-order valence-electron chi connectivity index (χ1n) is 7.44. The van der Waals surface area contributed by atoms with Gasteiger partial charge in [-0.3, -0.25) is 4.79 Å². The number of nitrogens with one attached hydrogen (secondary N) is 1. The second-order valence-electron chi connectivity index (χ2n) is 6.01. The number of aryl methyl sites for hydroxylation is 1. The molecule has 0 spiro atoms. The Morgan fingerprint density at radius 1 is 1.35 bits per heavy atom. The number of benzene rings is 1. The maximum absolute atomic E-state index is 12.4. The highest BCUT2D eigenvalue weighted by molar-refractivity contribution is 9.10. The first-order chi connectivity index (χ1) is 9.63. The van der Waals surface area contributed by atoms with E-state index in [1.54, 1.807) is 0 Å². The number of fused-ring (bicyclic) bond motifs is 1. The van der Waals surface area contributed by atoms with Crippen molar-refractivity contribution in [2.75, 3.05) is 13.1 Å². The zero-order valence-corrected chi connectivity index (χ0v) is 13.4. The first-order valence-corrected chi connectivity index (χ1v) is 8.24. The molecule has 0 saturated carbocycles. The van der Waals surface area contributed by atoms with Gasteiger partial charge in [0.2, 0.25) is 0 Å². The minimum atomic E-state index is 0.0528. The van der Waals surface area contributed by atoms with E-state index in [0.29, 0.717) is 12.1 Å². The molecule has 1 aromatic rings. The molecule has 1 N–H and O–H groups in total. The number of hydrogen-bond acceptors (Lipinski definition) is 2. The van der Waals surface area contributed by atoms with Crippen LogP contribution in [0.1, 0.15) is 41.6 Å². The van der Waals surface area contributed by atoms with Gasteiger partial charge < -0.3 is 10.2 Å². The van der Waals surface area contributed by atoms with Crippen molar-refractivity contribution in [3.8, 4) is 0 Å². The molecule has 0 bridgehead atoms. The van der Waals surface area contributed by atoms with E-state index < -0.39 is 0 Å². The van der Waals surface area contributed by atoms with E-state index in [-0.39, 0.29) is 5.91 Å². The maximum Gasteiger partial charge on any atom is 0.252 e. The van der Waals surface area contributed by atoms with Crippen LogP contribution in [0.5, 0.6) is 0 Å². The summed E-state index contributed by atoms with van der Waals surface area (Å²) in [5.74, 6) is 0.0528. The summed E-state index contributed by atoms with van der Waals surface area (Å²) in [4.78, 5) is 15.0. The van der Waals surface area contributed by atoms with Gasteiger partial charge in [0, 0.05) is 23.1 Å². The van der Waals surface area contributed by atoms with Gasteiger partial charge >= 0.3 is 0 Å². The summed E-state index contributed by atoms with van der Waals surface area (Å²) in [5.41, 5.74) is 1.86. The number of hydrogen-bond donors (Lipinski definition) is 1. The SMILES string of the molecule is Cc1ccc(Br)c(C(=O)NC2CCN3CCCC3C2)c1. The van der Waals surface area contributed by atoms with Crippen LogP contribution in [0.3, 0.4) is 0 Å². The summed E-state index contributed by atoms with van der Waals surface area (Å²) < 4.78 is 0.874. The molecule has 0 aromatic heterocycles. The van der Waals surface area contributed by atoms with Gasteiger partial charge in [-0.25, -0.2) is 0 Å². The highest BCUT2D eigenvalue weighted by atomic mass is 79.9. The molecule has 3 nitrogen and oxygen atoms in total. The molecule has 1 amide bonds. The van der Waals surface area contributed by atoms with Gasteiger partial charge in [-0.05, 0) is 67.2 Å². The minimum Gasteiger partial charge on any atom is -0.349 e. The summed E-state index contributed by atoms with van der Waals surface area (Å²) in [7, 11) is 0. The van der Waals surface area contributed by atoms with Gasteiger partial charge in [-0.15, -0.1) is 0 Å². The lowest BCUT2D eigenvalue weighted by atomic mass is 9.97. The fraction of sp³-hybridized carbons (Fsp3) is 0.562. The van der Waals surface area contributed by atoms with Crippen molar-refractivity contribution in [3.05, 3.63) is 33.8 Å². The number of carbonyl (C=O) groups is 1. The fourth-order valence-corrected chi connectivity index (χ4v) is 3.86. The molecule has 4 heteroatoms. The molecule has 2 fully saturated rings. The van der Waals surface area contributed by atoms with Crippen molar-refractivity contribution in [2.45, 2.75) is 44.7 Å². The fourth-order valence-electron chi connectivity index (χ4n) is 3.43. The molecular formula is C16H21BrN2O. The molecule has 1 aromatic carbocycles. The van der Waals surface area contributed by atoms with Crippen molar-refractivity contribution < 1.29 is 4.79 Å². The largest absolute Gasteiger partial charge is 0.349 e. The minimum absolute atomic E-state index is 0.0528. The number of nitrogens with zero attached hydrogens (tertiary/aromatic N) is 1. The molecule has 2 atom stereocenters. The van der Waals surface area contributed by atoms with Gasteiger partial charge in [0.1, 0.15) is 0 Å². The topological polar surface area (TPSA) is 32.3 Å². The highest BCUT2D eigenvalue weighted by Crippen LogP contribution is 2.27. The molecule has 108 valence electrons. The Hall–Kier alpha value is -0.870. The summed E-state index contributed by atoms with van der Waals surface area (Å²) in [6, 6.07) is 6.93. The van der Waals surface area contributed by atoms with E-state index >= 15 is 0 Å². The first kappa shape index (κ1) is 14.1. The van der Waals surface area contributed by atoms with Gasteiger partial charge in [-0.1, -0.05) is 11.6 Å². The van der Waals surface area contributed by atoms with Crippen LogP contribution in [0, 0.1) is 6.92 Å². The highest BCUT2D eigenvalue weighted by Gasteiger charge is 2.32. The van der Waals surface area contributed by atoms with Crippen LogP contribution in [-0.2, 0) is 0 Å². The van der Waals surface area contributed by atoms with Crippen molar-refractivity contribution in [1.82, 2.24) is 10.2 Å². The smallest absolute Gasteiger partial charge is 0.252 e. The lowest BCUT2D eigenvalue weighted by Crippen LogP contribution is -2.47. The number of rotatable bonds is 2. The summed E-state index contributed by atoms with van der Waals surface area (Å²) in [6.45, 7) is 4.39. The third kappa shape index (κ3) is 2.91. The Kier molecular flexibility index (Phi) is 4.13. The second-order valence-corrected chi connectivity index (χ2v) is 6.86. The van der Waals surface area contributed by atoms with Crippen LogP contribution in [0.2, 0.25) is 0 Å². The zero-order chi connectivity index (χ0) is 14.1. The third-order valence-corrected chi connectivity index (χ3v) is 5.21. The van der Waals surface area contributed by atoms with Crippen LogP contribution < -0.4 is 5.32 Å². The summed E-state index contributed by atoms with van der Waals surface area (Å²) in [6.07, 6.45) is 4.79. The van der Waals surface area contributed by atoms with E-state index in [9.17, 15) is 4.79 Å². The van der Waals surface area contributed by atoms with E-state index in [4.69, 9.17) is 0 Å². The Bertz CT molecular complexity index is 517. The standard InChI is InChI=1S/C16H21BrN2O/c1-11-4-5-15(17)14(9-11)16(20)18-12-6-8-19-7-2-3-13(19)10-12/h4-5,9,12-13H,2-3,6-8,10H2,1H3,(H,18,20). The number of piperidine rings is 1. The van der Waals surface area contributed by atoms with Crippen LogP contribution in [0.25, 0.3) is 0 Å². The molecule has 0 radical (unpaired) electrons. The monoisotopic (exact) mass is 336 g/mol. The van der Waals surface area contributed by atoms with Gasteiger partial charge in [-0.2, -0.15) is 0 Å². The summed E-state index contributed by atoms with van der Waals surface area (Å²) in [5, 5.41) is 3.22. The Labute approximate surface area is 128 Å². The average molecular weight is 337 g/mol. The van der Waals surface area contributed by atoms with Crippen LogP contribution in [0.4, 0.5) is 0 Å². The molecule has 3 rings (SSSR count). The molecule has 2 heterocycles. The lowest BCUT2D eigenvalue weighted by Gasteiger charge is -2.35. The average Bonchev–Trinajstić information content (AvgIpc) is 2.89. The summed E-state index contributed by atoms with van der Waals surface area (Å²) >= 11 is 3.47. The number of halogens is 1. The van der Waals surface area contributed by atoms with Gasteiger partial charge in [0.05, 0.1) is 5.56 Å². The Morgan fingerprint density at radius 2 is 2.20 bits per heavy atom. The molecular weight excluding hydrogens is 316 g/mol. The van der Waals surface area contributed by atoms with Crippen molar-refractivity contribution in [2.24, 2.45) is 0 Å². The predicted molar refractivity (Wildman–Crippen MR) is 84.0 cm³/mol. The normalized spacial score (nSPS) is 26.3. The van der Waals surface area contributed by atoms with E-state index in [2.05, 4.69) is 26.1 Å². The maximum atomic E-state index is 12.4. The van der Waals surface area contributed by atoms with Crippen molar-refractivity contribution in [3.63, 3.8) is 0 Å². The molecule has 0 aliphatic carbocycles. The Morgan fingerprint density at radius 3 is 3.05 bits per heavy atom. The van der Waals surface area contributed by atoms with Crippen LogP contribution in [-0.4, -0.2) is 36.0 Å². The van der Waals surface area contributed by atoms with E-state index in [0.717, 1.165) is 35.0 Å². The predicted octanol–water partition coefficient (Wildman–Crippen LogP) is 3.11. The van der Waals surface area contributed by atoms with Gasteiger partial charge in [0.15, 0.2) is 0 Å². The van der Waals surface area contributed by atoms with E-state index in [1.807, 2.05) is 25.1 Å². The van der Waals surface area contributed by atoms with Crippen LogP contribution in [0.15, 0.2) is 22.7 Å². The lowest BCUT2D eigenvalue weighted by molar-refractivity contribution is 0.0895. The van der Waals surface area contributed by atoms with Crippen molar-refractivity contribution in [1.29, 1.82) is 0 Å². The second kappa shape index (κ2) is 5.86. The number of amides is 1. The molecule has 2 unspecified atom stereocenters. The van der Waals surface area contributed by atoms with Crippen LogP contribution >= 0.6 is 15.9 Å². The molecule has 20 heavy (non-hydrogen) atoms. The molecule has 2 aliphatic heterocycles. The third-order valence-electron chi connectivity index (χ3n) is 4.52. The quantitative estimate of drug-likeness (QED) is 0.899. The van der Waals surface area contributed by atoms with E-state index in [1.165, 1.54) is 19.4 Å². The van der Waals surface area contributed by atoms with Gasteiger partial charge in [0.25, 0.3) is 5.91 Å². The number of carbonyl (C=O) groups excluding carboxylic acids is 1. The van der Waals surface area contributed by atoms with Crippen molar-refractivity contribution >= 4 is 21.8 Å². The zero-order valence-electron chi connectivity index (χ0n) is 11.9. The molecule has 2 aliphatic rings. The molecule has 2 saturated heterocycles.